The van der Waals surface area contributed by atoms with Gasteiger partial charge in [0.1, 0.15) is 0 Å². The molecule has 7 nitrogen and oxygen atoms in total. The Bertz CT molecular complexity index is 1110. The lowest BCUT2D eigenvalue weighted by Crippen LogP contribution is -2.51. The van der Waals surface area contributed by atoms with Crippen molar-refractivity contribution >= 4 is 50.5 Å². The second-order valence-corrected chi connectivity index (χ2v) is 9.19. The van der Waals surface area contributed by atoms with Crippen molar-refractivity contribution in [2.24, 2.45) is 0 Å². The van der Waals surface area contributed by atoms with E-state index in [2.05, 4.69) is 5.32 Å². The van der Waals surface area contributed by atoms with Crippen molar-refractivity contribution in [3.63, 3.8) is 0 Å². The molecule has 1 aliphatic heterocycles. The maximum Gasteiger partial charge on any atom is 0.257 e. The molecule has 1 aliphatic rings. The van der Waals surface area contributed by atoms with Gasteiger partial charge in [-0.2, -0.15) is 4.41 Å². The average Bonchev–Trinajstić information content (AvgIpc) is 2.67. The van der Waals surface area contributed by atoms with Gasteiger partial charge in [-0.3, -0.25) is 4.79 Å². The number of benzene rings is 2. The Morgan fingerprint density at radius 1 is 1.06 bits per heavy atom. The number of anilines is 2. The molecule has 1 heterocycles. The van der Waals surface area contributed by atoms with E-state index >= 15 is 0 Å². The van der Waals surface area contributed by atoms with Gasteiger partial charge in [-0.1, -0.05) is 23.2 Å². The van der Waals surface area contributed by atoms with Crippen molar-refractivity contribution < 1.29 is 31.1 Å². The molecule has 2 aromatic rings. The zero-order valence-electron chi connectivity index (χ0n) is 16.0. The number of nitrogens with zero attached hydrogens (tertiary/aromatic N) is 2. The first kappa shape index (κ1) is 23.6. The molecule has 0 bridgehead atoms. The van der Waals surface area contributed by atoms with Crippen LogP contribution in [0.5, 0.6) is 0 Å². The van der Waals surface area contributed by atoms with Crippen LogP contribution in [0.15, 0.2) is 24.3 Å². The summed E-state index contributed by atoms with van der Waals surface area (Å²) < 4.78 is 71.1. The first-order valence-electron chi connectivity index (χ1n) is 8.77. The molecule has 1 saturated heterocycles. The van der Waals surface area contributed by atoms with Crippen molar-refractivity contribution in [3.05, 3.63) is 57.3 Å². The van der Waals surface area contributed by atoms with Crippen LogP contribution in [0.1, 0.15) is 10.4 Å². The summed E-state index contributed by atoms with van der Waals surface area (Å²) in [4.78, 5) is 12.7. The molecule has 3 rings (SSSR count). The van der Waals surface area contributed by atoms with E-state index in [0.29, 0.717) is 12.1 Å². The molecule has 168 valence electrons. The van der Waals surface area contributed by atoms with Crippen molar-refractivity contribution in [2.45, 2.75) is 0 Å². The monoisotopic (exact) mass is 497 g/mol. The first-order chi connectivity index (χ1) is 14.5. The SMILES string of the molecule is CS(=O)(=O)N(c1cc(C(=O)Nc2cc(F)c(F)c(F)c2)c(Cl)cc1Cl)N1CCOCC1. The molecule has 2 aromatic carbocycles. The summed E-state index contributed by atoms with van der Waals surface area (Å²) in [5, 5.41) is 3.50. The molecule has 0 aromatic heterocycles. The fourth-order valence-corrected chi connectivity index (χ4v) is 4.65. The van der Waals surface area contributed by atoms with E-state index in [-0.39, 0.29) is 53.3 Å². The number of morpholine rings is 1. The highest BCUT2D eigenvalue weighted by Gasteiger charge is 2.30. The standard InChI is InChI=1S/C18H16Cl2F3N3O4S/c1-31(28,29)26(25-2-4-30-5-3-25)16-8-11(12(19)9-13(16)20)18(27)24-10-6-14(21)17(23)15(22)7-10/h6-9H,2-5H2,1H3,(H,24,27). The van der Waals surface area contributed by atoms with Gasteiger partial charge < -0.3 is 10.1 Å². The quantitative estimate of drug-likeness (QED) is 0.637. The van der Waals surface area contributed by atoms with E-state index in [1.807, 2.05) is 0 Å². The fourth-order valence-electron chi connectivity index (χ4n) is 2.96. The highest BCUT2D eigenvalue weighted by Crippen LogP contribution is 2.35. The smallest absolute Gasteiger partial charge is 0.257 e. The van der Waals surface area contributed by atoms with E-state index < -0.39 is 33.4 Å². The van der Waals surface area contributed by atoms with Crippen LogP contribution < -0.4 is 9.73 Å². The lowest BCUT2D eigenvalue weighted by Gasteiger charge is -2.37. The molecule has 0 unspecified atom stereocenters. The Labute approximate surface area is 186 Å². The number of hydrazine groups is 1. The van der Waals surface area contributed by atoms with Crippen LogP contribution in [0.2, 0.25) is 10.0 Å². The van der Waals surface area contributed by atoms with Gasteiger partial charge in [-0.15, -0.1) is 0 Å². The third kappa shape index (κ3) is 5.24. The van der Waals surface area contributed by atoms with Crippen LogP contribution in [-0.2, 0) is 14.8 Å². The van der Waals surface area contributed by atoms with Crippen LogP contribution in [0.25, 0.3) is 0 Å². The maximum absolute atomic E-state index is 13.4. The third-order valence-corrected chi connectivity index (χ3v) is 5.96. The van der Waals surface area contributed by atoms with E-state index in [4.69, 9.17) is 27.9 Å². The third-order valence-electron chi connectivity index (χ3n) is 4.29. The van der Waals surface area contributed by atoms with Gasteiger partial charge >= 0.3 is 0 Å². The Kier molecular flexibility index (Phi) is 7.01. The number of carbonyl (C=O) groups excluding carboxylic acids is 1. The Balaban J connectivity index is 2.00. The van der Waals surface area contributed by atoms with E-state index in [9.17, 15) is 26.4 Å². The molecule has 0 spiro atoms. The second-order valence-electron chi connectivity index (χ2n) is 6.56. The molecular weight excluding hydrogens is 482 g/mol. The highest BCUT2D eigenvalue weighted by molar-refractivity contribution is 7.92. The molecular formula is C18H16Cl2F3N3O4S. The van der Waals surface area contributed by atoms with Gasteiger partial charge in [-0.05, 0) is 12.1 Å². The number of rotatable bonds is 5. The number of hydrogen-bond acceptors (Lipinski definition) is 5. The van der Waals surface area contributed by atoms with Crippen molar-refractivity contribution in [1.82, 2.24) is 5.01 Å². The van der Waals surface area contributed by atoms with Crippen molar-refractivity contribution in [1.29, 1.82) is 0 Å². The molecule has 1 fully saturated rings. The van der Waals surface area contributed by atoms with E-state index in [1.165, 1.54) is 11.1 Å². The average molecular weight is 498 g/mol. The predicted molar refractivity (Wildman–Crippen MR) is 110 cm³/mol. The normalized spacial score (nSPS) is 15.0. The van der Waals surface area contributed by atoms with Crippen molar-refractivity contribution in [2.75, 3.05) is 42.3 Å². The topological polar surface area (TPSA) is 79.0 Å². The van der Waals surface area contributed by atoms with Crippen molar-refractivity contribution in [3.8, 4) is 0 Å². The van der Waals surface area contributed by atoms with E-state index in [1.54, 1.807) is 0 Å². The molecule has 1 amide bonds. The zero-order valence-corrected chi connectivity index (χ0v) is 18.3. The lowest BCUT2D eigenvalue weighted by atomic mass is 10.1. The number of hydrogen-bond donors (Lipinski definition) is 1. The minimum absolute atomic E-state index is 0.0441. The minimum Gasteiger partial charge on any atom is -0.379 e. The van der Waals surface area contributed by atoms with Crippen LogP contribution in [0.4, 0.5) is 24.5 Å². The summed E-state index contributed by atoms with van der Waals surface area (Å²) in [6, 6.07) is 3.51. The summed E-state index contributed by atoms with van der Waals surface area (Å²) >= 11 is 12.3. The van der Waals surface area contributed by atoms with Gasteiger partial charge in [0, 0.05) is 30.9 Å². The lowest BCUT2D eigenvalue weighted by molar-refractivity contribution is 0.0410. The minimum atomic E-state index is -3.87. The summed E-state index contributed by atoms with van der Waals surface area (Å²) in [7, 11) is -3.87. The zero-order chi connectivity index (χ0) is 22.9. The summed E-state index contributed by atoms with van der Waals surface area (Å²) in [6.07, 6.45) is 0.969. The number of halogens is 5. The number of amides is 1. The number of carbonyl (C=O) groups is 1. The molecule has 0 saturated carbocycles. The van der Waals surface area contributed by atoms with Gasteiger partial charge in [0.05, 0.1) is 40.8 Å². The van der Waals surface area contributed by atoms with Crippen LogP contribution in [0.3, 0.4) is 0 Å². The number of sulfonamides is 1. The van der Waals surface area contributed by atoms with Gasteiger partial charge in [0.15, 0.2) is 17.5 Å². The van der Waals surface area contributed by atoms with Gasteiger partial charge in [0.2, 0.25) is 10.0 Å². The second kappa shape index (κ2) is 9.21. The molecule has 13 heteroatoms. The molecule has 1 N–H and O–H groups in total. The highest BCUT2D eigenvalue weighted by atomic mass is 35.5. The molecule has 0 radical (unpaired) electrons. The Morgan fingerprint density at radius 3 is 2.19 bits per heavy atom. The fraction of sp³-hybridized carbons (Fsp3) is 0.278. The van der Waals surface area contributed by atoms with Crippen LogP contribution in [-0.4, -0.2) is 51.9 Å². The number of ether oxygens (including phenoxy) is 1. The first-order valence-corrected chi connectivity index (χ1v) is 11.4. The van der Waals surface area contributed by atoms with Gasteiger partial charge in [-0.25, -0.2) is 26.6 Å². The van der Waals surface area contributed by atoms with Crippen LogP contribution >= 0.6 is 23.2 Å². The molecule has 0 aliphatic carbocycles. The largest absolute Gasteiger partial charge is 0.379 e. The molecule has 31 heavy (non-hydrogen) atoms. The van der Waals surface area contributed by atoms with E-state index in [0.717, 1.165) is 16.7 Å². The molecule has 0 atom stereocenters. The summed E-state index contributed by atoms with van der Waals surface area (Å²) in [5.74, 6) is -5.58. The number of nitrogens with one attached hydrogen (secondary N) is 1. The predicted octanol–water partition coefficient (Wildman–Crippen LogP) is 3.68. The Morgan fingerprint density at radius 2 is 1.65 bits per heavy atom. The summed E-state index contributed by atoms with van der Waals surface area (Å²) in [6.45, 7) is 1.07. The maximum atomic E-state index is 13.4. The summed E-state index contributed by atoms with van der Waals surface area (Å²) in [5.41, 5.74) is -0.618. The van der Waals surface area contributed by atoms with Gasteiger partial charge in [0.25, 0.3) is 5.91 Å². The Hall–Kier alpha value is -2.05. The van der Waals surface area contributed by atoms with Crippen LogP contribution in [0, 0.1) is 17.5 Å².